The third-order valence-corrected chi connectivity index (χ3v) is 6.17. The summed E-state index contributed by atoms with van der Waals surface area (Å²) >= 11 is 3.25. The highest BCUT2D eigenvalue weighted by Gasteiger charge is 2.32. The van der Waals surface area contributed by atoms with E-state index in [4.69, 9.17) is 9.73 Å². The first-order chi connectivity index (χ1) is 12.7. The fourth-order valence-corrected chi connectivity index (χ4v) is 4.76. The van der Waals surface area contributed by atoms with E-state index in [-0.39, 0.29) is 5.82 Å². The number of thioether (sulfide) groups is 1. The highest BCUT2D eigenvalue weighted by molar-refractivity contribution is 8.13. The van der Waals surface area contributed by atoms with Crippen LogP contribution < -0.4 is 4.74 Å². The van der Waals surface area contributed by atoms with Crippen molar-refractivity contribution in [3.8, 4) is 5.88 Å². The summed E-state index contributed by atoms with van der Waals surface area (Å²) in [6, 6.07) is 8.77. The van der Waals surface area contributed by atoms with Crippen molar-refractivity contribution in [1.29, 1.82) is 0 Å². The average Bonchev–Trinajstić information content (AvgIpc) is 3.03. The zero-order valence-corrected chi connectivity index (χ0v) is 16.1. The number of likely N-dealkylation sites (tertiary alicyclic amines) is 1. The number of thiophene rings is 1. The van der Waals surface area contributed by atoms with E-state index in [1.54, 1.807) is 48.5 Å². The molecule has 4 rings (SSSR count). The summed E-state index contributed by atoms with van der Waals surface area (Å²) in [6.45, 7) is 1.85. The van der Waals surface area contributed by atoms with Crippen molar-refractivity contribution in [2.24, 2.45) is 4.99 Å². The summed E-state index contributed by atoms with van der Waals surface area (Å²) in [5, 5.41) is 4.32. The molecule has 0 bridgehead atoms. The van der Waals surface area contributed by atoms with E-state index in [0.717, 1.165) is 28.6 Å². The van der Waals surface area contributed by atoms with Gasteiger partial charge in [-0.1, -0.05) is 17.8 Å². The number of benzene rings is 1. The summed E-state index contributed by atoms with van der Waals surface area (Å²) in [5.74, 6) is 0.867. The Morgan fingerprint density at radius 3 is 2.88 bits per heavy atom. The van der Waals surface area contributed by atoms with E-state index in [0.29, 0.717) is 11.8 Å². The fraction of sp³-hybridized carbons (Fsp3) is 0.263. The molecule has 1 aromatic carbocycles. The summed E-state index contributed by atoms with van der Waals surface area (Å²) in [6.07, 6.45) is 3.75. The molecule has 0 N–H and O–H groups in total. The van der Waals surface area contributed by atoms with Gasteiger partial charge in [-0.25, -0.2) is 14.4 Å². The number of fused-ring (bicyclic) bond motifs is 1. The Bertz CT molecular complexity index is 949. The first kappa shape index (κ1) is 17.3. The normalized spacial score (nSPS) is 15.3. The smallest absolute Gasteiger partial charge is 0.213 e. The molecule has 0 aliphatic carbocycles. The first-order valence-electron chi connectivity index (χ1n) is 8.22. The van der Waals surface area contributed by atoms with Crippen LogP contribution in [0.3, 0.4) is 0 Å². The molecule has 0 unspecified atom stereocenters. The van der Waals surface area contributed by atoms with Crippen LogP contribution in [-0.4, -0.2) is 41.5 Å². The molecule has 7 heteroatoms. The van der Waals surface area contributed by atoms with Gasteiger partial charge in [0.2, 0.25) is 5.88 Å². The van der Waals surface area contributed by atoms with E-state index in [2.05, 4.69) is 15.3 Å². The lowest BCUT2D eigenvalue weighted by Crippen LogP contribution is -2.47. The molecule has 0 radical (unpaired) electrons. The van der Waals surface area contributed by atoms with Crippen molar-refractivity contribution in [2.75, 3.05) is 26.5 Å². The summed E-state index contributed by atoms with van der Waals surface area (Å²) in [4.78, 5) is 11.2. The number of hydrogen-bond donors (Lipinski definition) is 0. The summed E-state index contributed by atoms with van der Waals surface area (Å²) in [5.41, 5.74) is 2.13. The van der Waals surface area contributed by atoms with Crippen LogP contribution in [0.25, 0.3) is 10.1 Å². The van der Waals surface area contributed by atoms with Crippen LogP contribution in [-0.2, 0) is 0 Å². The van der Waals surface area contributed by atoms with Gasteiger partial charge >= 0.3 is 0 Å². The number of rotatable bonds is 3. The second-order valence-electron chi connectivity index (χ2n) is 6.09. The highest BCUT2D eigenvalue weighted by Crippen LogP contribution is 2.37. The summed E-state index contributed by atoms with van der Waals surface area (Å²) in [7, 11) is 1.60. The van der Waals surface area contributed by atoms with Crippen LogP contribution in [0, 0.1) is 5.82 Å². The molecule has 1 saturated heterocycles. The maximum absolute atomic E-state index is 13.4. The van der Waals surface area contributed by atoms with Crippen molar-refractivity contribution >= 4 is 44.0 Å². The van der Waals surface area contributed by atoms with Gasteiger partial charge in [0.05, 0.1) is 19.0 Å². The molecule has 1 aliphatic heterocycles. The van der Waals surface area contributed by atoms with Crippen LogP contribution in [0.4, 0.5) is 10.1 Å². The van der Waals surface area contributed by atoms with Gasteiger partial charge in [0.25, 0.3) is 0 Å². The molecule has 0 atom stereocenters. The van der Waals surface area contributed by atoms with Crippen molar-refractivity contribution in [3.05, 3.63) is 53.3 Å². The van der Waals surface area contributed by atoms with Crippen molar-refractivity contribution < 1.29 is 9.13 Å². The summed E-state index contributed by atoms with van der Waals surface area (Å²) < 4.78 is 19.5. The second kappa shape index (κ2) is 7.25. The van der Waals surface area contributed by atoms with Gasteiger partial charge < -0.3 is 9.64 Å². The van der Waals surface area contributed by atoms with Gasteiger partial charge in [-0.05, 0) is 40.8 Å². The number of halogens is 1. The fourth-order valence-electron chi connectivity index (χ4n) is 3.09. The number of aromatic nitrogens is 1. The quantitative estimate of drug-likeness (QED) is 0.473. The monoisotopic (exact) mass is 387 g/mol. The van der Waals surface area contributed by atoms with E-state index < -0.39 is 0 Å². The maximum atomic E-state index is 13.4. The Kier molecular flexibility index (Phi) is 4.82. The Labute approximate surface area is 159 Å². The lowest BCUT2D eigenvalue weighted by molar-refractivity contribution is 0.259. The molecule has 3 aromatic rings. The van der Waals surface area contributed by atoms with E-state index in [9.17, 15) is 4.39 Å². The molecular weight excluding hydrogens is 369 g/mol. The maximum Gasteiger partial charge on any atom is 0.213 e. The van der Waals surface area contributed by atoms with Crippen LogP contribution in [0.15, 0.2) is 46.9 Å². The molecule has 1 aliphatic rings. The SMILES string of the molecule is COc1ccc(N=C(SC)N2CC(c3csc4cc(F)ccc34)C2)cn1. The largest absolute Gasteiger partial charge is 0.481 e. The second-order valence-corrected chi connectivity index (χ2v) is 7.78. The van der Waals surface area contributed by atoms with Crippen LogP contribution in [0.2, 0.25) is 0 Å². The number of ether oxygens (including phenoxy) is 1. The van der Waals surface area contributed by atoms with E-state index in [1.165, 1.54) is 10.9 Å². The molecule has 4 nitrogen and oxygen atoms in total. The third-order valence-electron chi connectivity index (χ3n) is 4.50. The Morgan fingerprint density at radius 2 is 2.19 bits per heavy atom. The predicted molar refractivity (Wildman–Crippen MR) is 107 cm³/mol. The van der Waals surface area contributed by atoms with Gasteiger partial charge in [-0.15, -0.1) is 11.3 Å². The minimum Gasteiger partial charge on any atom is -0.481 e. The predicted octanol–water partition coefficient (Wildman–Crippen LogP) is 4.89. The Balaban J connectivity index is 1.48. The van der Waals surface area contributed by atoms with Gasteiger partial charge in [-0.2, -0.15) is 0 Å². The number of hydrogen-bond acceptors (Lipinski definition) is 5. The molecule has 0 spiro atoms. The number of methoxy groups -OCH3 is 1. The molecule has 134 valence electrons. The van der Waals surface area contributed by atoms with Crippen LogP contribution >= 0.6 is 23.1 Å². The molecular formula is C19H18FN3OS2. The molecule has 1 fully saturated rings. The standard InChI is InChI=1S/C19H18FN3OS2/c1-24-18-6-4-14(8-21-18)22-19(25-2)23-9-12(10-23)16-11-26-17-7-13(20)3-5-15(16)17/h3-8,11-12H,9-10H2,1-2H3. The molecule has 26 heavy (non-hydrogen) atoms. The minimum atomic E-state index is -0.175. The lowest BCUT2D eigenvalue weighted by atomic mass is 9.92. The van der Waals surface area contributed by atoms with Crippen molar-refractivity contribution in [1.82, 2.24) is 9.88 Å². The average molecular weight is 388 g/mol. The zero-order chi connectivity index (χ0) is 18.1. The van der Waals surface area contributed by atoms with Crippen LogP contribution in [0.1, 0.15) is 11.5 Å². The van der Waals surface area contributed by atoms with Crippen molar-refractivity contribution in [3.63, 3.8) is 0 Å². The molecule has 0 saturated carbocycles. The van der Waals surface area contributed by atoms with Crippen LogP contribution in [0.5, 0.6) is 5.88 Å². The number of pyridine rings is 1. The third kappa shape index (κ3) is 3.29. The zero-order valence-electron chi connectivity index (χ0n) is 14.5. The van der Waals surface area contributed by atoms with Gasteiger partial charge in [-0.3, -0.25) is 0 Å². The van der Waals surface area contributed by atoms with E-state index >= 15 is 0 Å². The minimum absolute atomic E-state index is 0.175. The number of nitrogens with zero attached hydrogens (tertiary/aromatic N) is 3. The van der Waals surface area contributed by atoms with Gasteiger partial charge in [0.15, 0.2) is 5.17 Å². The van der Waals surface area contributed by atoms with Crippen molar-refractivity contribution in [2.45, 2.75) is 5.92 Å². The highest BCUT2D eigenvalue weighted by atomic mass is 32.2. The van der Waals surface area contributed by atoms with Gasteiger partial charge in [0, 0.05) is 29.8 Å². The lowest BCUT2D eigenvalue weighted by Gasteiger charge is -2.41. The number of amidine groups is 1. The number of aliphatic imine (C=N–C) groups is 1. The topological polar surface area (TPSA) is 37.7 Å². The Hall–Kier alpha value is -2.12. The van der Waals surface area contributed by atoms with Gasteiger partial charge in [0.1, 0.15) is 5.82 Å². The first-order valence-corrected chi connectivity index (χ1v) is 10.3. The molecule has 0 amide bonds. The molecule has 3 heterocycles. The van der Waals surface area contributed by atoms with E-state index in [1.807, 2.05) is 24.5 Å². The molecule has 2 aromatic heterocycles. The Morgan fingerprint density at radius 1 is 1.35 bits per heavy atom.